The van der Waals surface area contributed by atoms with Gasteiger partial charge in [-0.3, -0.25) is 14.6 Å². The summed E-state index contributed by atoms with van der Waals surface area (Å²) in [5, 5.41) is 2.75. The zero-order chi connectivity index (χ0) is 20.1. The van der Waals surface area contributed by atoms with Gasteiger partial charge in [0.05, 0.1) is 18.7 Å². The lowest BCUT2D eigenvalue weighted by Crippen LogP contribution is -2.46. The molecule has 1 aliphatic heterocycles. The topological polar surface area (TPSA) is 145 Å². The quantitative estimate of drug-likeness (QED) is 0.578. The Morgan fingerprint density at radius 3 is 2.93 bits per heavy atom. The van der Waals surface area contributed by atoms with Crippen molar-refractivity contribution in [1.29, 1.82) is 0 Å². The van der Waals surface area contributed by atoms with Gasteiger partial charge in [0.2, 0.25) is 11.8 Å². The number of anilines is 2. The maximum absolute atomic E-state index is 13.1. The molecule has 2 aliphatic rings. The predicted molar refractivity (Wildman–Crippen MR) is 105 cm³/mol. The fourth-order valence-corrected chi connectivity index (χ4v) is 4.21. The fourth-order valence-electron chi connectivity index (χ4n) is 3.90. The van der Waals surface area contributed by atoms with Crippen LogP contribution < -0.4 is 11.1 Å². The number of nitrogen functional groups attached to an aromatic ring is 1. The molecule has 3 atom stereocenters. The van der Waals surface area contributed by atoms with Crippen molar-refractivity contribution in [3.63, 3.8) is 0 Å². The summed E-state index contributed by atoms with van der Waals surface area (Å²) in [5.41, 5.74) is 6.75. The number of piperidine rings is 1. The number of hydrogen-bond donors (Lipinski definition) is 2. The molecular weight excluding hydrogens is 442 g/mol. The molecule has 12 heteroatoms. The van der Waals surface area contributed by atoms with Crippen LogP contribution in [0.3, 0.4) is 0 Å². The summed E-state index contributed by atoms with van der Waals surface area (Å²) in [7, 11) is 0. The van der Waals surface area contributed by atoms with Gasteiger partial charge in [-0.15, -0.1) is 0 Å². The molecule has 2 amide bonds. The number of carbonyl (C=O) groups excluding carboxylic acids is 2. The molecule has 3 aromatic rings. The van der Waals surface area contributed by atoms with Gasteiger partial charge >= 0.3 is 0 Å². The van der Waals surface area contributed by atoms with Crippen molar-refractivity contribution in [2.24, 2.45) is 5.92 Å². The van der Waals surface area contributed by atoms with Crippen molar-refractivity contribution in [1.82, 2.24) is 34.4 Å². The molecule has 0 aromatic carbocycles. The van der Waals surface area contributed by atoms with Crippen molar-refractivity contribution in [2.45, 2.75) is 31.5 Å². The lowest BCUT2D eigenvalue weighted by atomic mass is 10.1. The number of hydrogen-bond acceptors (Lipinski definition) is 8. The van der Waals surface area contributed by atoms with E-state index >= 15 is 0 Å². The Bertz CT molecular complexity index is 1130. The molecule has 1 aliphatic carbocycles. The first-order valence-electron chi connectivity index (χ1n) is 9.02. The third-order valence-corrected chi connectivity index (χ3v) is 5.67. The molecule has 29 heavy (non-hydrogen) atoms. The highest BCUT2D eigenvalue weighted by molar-refractivity contribution is 9.10. The maximum atomic E-state index is 13.1. The number of fused-ring (bicyclic) bond motifs is 2. The van der Waals surface area contributed by atoms with E-state index in [2.05, 4.69) is 46.2 Å². The van der Waals surface area contributed by atoms with Crippen LogP contribution in [0.5, 0.6) is 0 Å². The molecular formula is C17H16BrN9O2. The number of nitrogens with two attached hydrogens (primary N) is 1. The summed E-state index contributed by atoms with van der Waals surface area (Å²) in [4.78, 5) is 48.0. The van der Waals surface area contributed by atoms with Gasteiger partial charge < -0.3 is 20.5 Å². The first-order chi connectivity index (χ1) is 14.0. The highest BCUT2D eigenvalue weighted by Gasteiger charge is 2.56. The Morgan fingerprint density at radius 2 is 2.10 bits per heavy atom. The third kappa shape index (κ3) is 3.18. The Labute approximate surface area is 172 Å². The predicted octanol–water partition coefficient (Wildman–Crippen LogP) is 0.589. The van der Waals surface area contributed by atoms with Crippen molar-refractivity contribution in [2.75, 3.05) is 11.1 Å². The Kier molecular flexibility index (Phi) is 4.15. The second-order valence-corrected chi connectivity index (χ2v) is 7.95. The van der Waals surface area contributed by atoms with Crippen LogP contribution in [0.2, 0.25) is 0 Å². The van der Waals surface area contributed by atoms with E-state index in [1.807, 2.05) is 0 Å². The van der Waals surface area contributed by atoms with Crippen LogP contribution in [0.4, 0.5) is 11.6 Å². The van der Waals surface area contributed by atoms with Crippen molar-refractivity contribution in [3.8, 4) is 0 Å². The number of amides is 2. The maximum Gasteiger partial charge on any atom is 0.248 e. The fraction of sp³-hybridized carbons (Fsp3) is 0.353. The van der Waals surface area contributed by atoms with Crippen LogP contribution in [0.1, 0.15) is 12.8 Å². The summed E-state index contributed by atoms with van der Waals surface area (Å²) in [5.74, 6) is 0.537. The van der Waals surface area contributed by atoms with Gasteiger partial charge in [-0.25, -0.2) is 19.9 Å². The molecule has 0 spiro atoms. The van der Waals surface area contributed by atoms with E-state index in [1.54, 1.807) is 9.47 Å². The zero-order valence-corrected chi connectivity index (χ0v) is 16.7. The summed E-state index contributed by atoms with van der Waals surface area (Å²) in [6, 6.07) is -0.442. The van der Waals surface area contributed by atoms with E-state index in [0.717, 1.165) is 6.42 Å². The Morgan fingerprint density at radius 1 is 1.24 bits per heavy atom. The minimum absolute atomic E-state index is 0.0244. The first-order valence-corrected chi connectivity index (χ1v) is 9.81. The van der Waals surface area contributed by atoms with Gasteiger partial charge in [0.1, 0.15) is 29.0 Å². The zero-order valence-electron chi connectivity index (χ0n) is 15.1. The average molecular weight is 458 g/mol. The summed E-state index contributed by atoms with van der Waals surface area (Å²) in [6.45, 7) is 0.0244. The van der Waals surface area contributed by atoms with E-state index in [4.69, 9.17) is 5.73 Å². The number of aromatic nitrogens is 6. The molecule has 4 heterocycles. The van der Waals surface area contributed by atoms with E-state index in [9.17, 15) is 9.59 Å². The Balaban J connectivity index is 1.35. The van der Waals surface area contributed by atoms with Crippen LogP contribution in [-0.4, -0.2) is 58.3 Å². The van der Waals surface area contributed by atoms with Gasteiger partial charge in [0.25, 0.3) is 0 Å². The molecule has 11 nitrogen and oxygen atoms in total. The van der Waals surface area contributed by atoms with Crippen LogP contribution in [0.15, 0.2) is 29.7 Å². The minimum atomic E-state index is -0.540. The van der Waals surface area contributed by atoms with E-state index in [0.29, 0.717) is 33.9 Å². The minimum Gasteiger partial charge on any atom is -0.382 e. The van der Waals surface area contributed by atoms with Crippen molar-refractivity contribution in [3.05, 3.63) is 29.7 Å². The number of nitrogens with one attached hydrogen (secondary N) is 1. The molecule has 2 fully saturated rings. The summed E-state index contributed by atoms with van der Waals surface area (Å²) in [6.07, 6.45) is 7.41. The van der Waals surface area contributed by atoms with Crippen LogP contribution in [0.25, 0.3) is 11.2 Å². The number of imidazole rings is 1. The number of carbonyl (C=O) groups is 2. The van der Waals surface area contributed by atoms with Gasteiger partial charge in [-0.05, 0) is 34.7 Å². The van der Waals surface area contributed by atoms with E-state index in [-0.39, 0.29) is 30.2 Å². The lowest BCUT2D eigenvalue weighted by molar-refractivity contribution is -0.138. The summed E-state index contributed by atoms with van der Waals surface area (Å²) >= 11 is 3.23. The van der Waals surface area contributed by atoms with Gasteiger partial charge in [0, 0.05) is 6.04 Å². The standard InChI is InChI=1S/C17H16BrN9O2/c18-11-3-20-4-12(24-11)25-17(29)10-2-8-1-9(8)27(10)13(28)5-26-7-23-14-15(19)21-6-22-16(14)26/h3-4,6-10H,1-2,5H2,(H2,19,21,22)(H,24,25,29)/t8-,9-,10+/m1/s1. The van der Waals surface area contributed by atoms with Crippen molar-refractivity contribution < 1.29 is 9.59 Å². The molecule has 0 unspecified atom stereocenters. The average Bonchev–Trinajstić information content (AvgIpc) is 3.15. The summed E-state index contributed by atoms with van der Waals surface area (Å²) < 4.78 is 2.14. The molecule has 5 rings (SSSR count). The van der Waals surface area contributed by atoms with Crippen LogP contribution >= 0.6 is 15.9 Å². The van der Waals surface area contributed by atoms with Crippen LogP contribution in [0, 0.1) is 5.92 Å². The van der Waals surface area contributed by atoms with Gasteiger partial charge in [0.15, 0.2) is 17.3 Å². The molecule has 0 radical (unpaired) electrons. The van der Waals surface area contributed by atoms with E-state index in [1.165, 1.54) is 25.0 Å². The van der Waals surface area contributed by atoms with E-state index < -0.39 is 6.04 Å². The molecule has 1 saturated carbocycles. The van der Waals surface area contributed by atoms with Crippen molar-refractivity contribution >= 4 is 50.5 Å². The number of likely N-dealkylation sites (tertiary alicyclic amines) is 1. The monoisotopic (exact) mass is 457 g/mol. The number of nitrogens with zero attached hydrogens (tertiary/aromatic N) is 7. The smallest absolute Gasteiger partial charge is 0.248 e. The highest BCUT2D eigenvalue weighted by atomic mass is 79.9. The van der Waals surface area contributed by atoms with Gasteiger partial charge in [-0.1, -0.05) is 0 Å². The number of halogens is 1. The highest BCUT2D eigenvalue weighted by Crippen LogP contribution is 2.48. The molecule has 148 valence electrons. The lowest BCUT2D eigenvalue weighted by Gasteiger charge is -2.26. The molecule has 0 bridgehead atoms. The second-order valence-electron chi connectivity index (χ2n) is 7.14. The van der Waals surface area contributed by atoms with Gasteiger partial charge in [-0.2, -0.15) is 0 Å². The SMILES string of the molecule is Nc1ncnc2c1ncn2CC(=O)N1[C@@H]2C[C@@H]2C[C@H]1C(=O)Nc1cncc(Br)n1. The number of rotatable bonds is 4. The molecule has 3 aromatic heterocycles. The first kappa shape index (κ1) is 17.9. The molecule has 3 N–H and O–H groups in total. The normalized spacial score (nSPS) is 22.5. The van der Waals surface area contributed by atoms with Crippen LogP contribution in [-0.2, 0) is 16.1 Å². The largest absolute Gasteiger partial charge is 0.382 e. The second kappa shape index (κ2) is 6.72. The Hall–Kier alpha value is -3.15. The third-order valence-electron chi connectivity index (χ3n) is 5.29. The molecule has 1 saturated heterocycles.